The topological polar surface area (TPSA) is 212 Å². The maximum atomic E-state index is 11.6. The van der Waals surface area contributed by atoms with Crippen molar-refractivity contribution < 1.29 is 39.6 Å². The van der Waals surface area contributed by atoms with Gasteiger partial charge in [0.05, 0.1) is 0 Å². The number of aromatic nitrogens is 4. The summed E-state index contributed by atoms with van der Waals surface area (Å²) in [7, 11) is 0. The molecule has 0 saturated heterocycles. The number of fused-ring (bicyclic) bond motifs is 8. The normalized spacial score (nSPS) is 11.6. The smallest absolute Gasteiger partial charge is 0.303 e. The van der Waals surface area contributed by atoms with Crippen LogP contribution in [-0.4, -0.2) is 64.2 Å². The lowest BCUT2D eigenvalue weighted by Gasteiger charge is -2.01. The van der Waals surface area contributed by atoms with Crippen molar-refractivity contribution in [3.05, 3.63) is 88.7 Å². The summed E-state index contributed by atoms with van der Waals surface area (Å²) in [6, 6.07) is 0. The molecule has 4 aromatic heterocycles. The second-order valence-electron chi connectivity index (χ2n) is 12.4. The Morgan fingerprint density at radius 1 is 0.420 bits per heavy atom. The van der Waals surface area contributed by atoms with Gasteiger partial charge in [-0.05, 0) is 122 Å². The number of aliphatic carboxylic acids is 4. The van der Waals surface area contributed by atoms with Crippen molar-refractivity contribution in [2.45, 2.75) is 79.1 Å². The van der Waals surface area contributed by atoms with Crippen LogP contribution in [0.25, 0.3) is 24.3 Å². The molecule has 1 aliphatic heterocycles. The van der Waals surface area contributed by atoms with Crippen LogP contribution in [0.5, 0.6) is 0 Å². The van der Waals surface area contributed by atoms with Gasteiger partial charge in [0.15, 0.2) is 0 Å². The molecule has 0 aromatic carbocycles. The van der Waals surface area contributed by atoms with E-state index >= 15 is 0 Å². The first-order valence-electron chi connectivity index (χ1n) is 15.8. The van der Waals surface area contributed by atoms with Crippen LogP contribution < -0.4 is 21.4 Å². The lowest BCUT2D eigenvalue weighted by atomic mass is 10.0. The van der Waals surface area contributed by atoms with E-state index in [4.69, 9.17) is 0 Å². The van der Waals surface area contributed by atoms with Crippen LogP contribution in [-0.2, 0) is 44.9 Å². The predicted molar refractivity (Wildman–Crippen MR) is 193 cm³/mol. The fourth-order valence-electron chi connectivity index (χ4n) is 6.58. The van der Waals surface area contributed by atoms with Crippen LogP contribution in [0.15, 0.2) is 0 Å². The summed E-state index contributed by atoms with van der Waals surface area (Å²) in [5.41, 5.74) is 9.64. The Balaban J connectivity index is 0.00000338. The number of rotatable bonds is 12. The number of nitrogens with one attached hydrogen (secondary N) is 4. The Morgan fingerprint density at radius 2 is 0.700 bits per heavy atom. The van der Waals surface area contributed by atoms with Crippen LogP contribution in [0.4, 0.5) is 0 Å². The molecule has 0 fully saturated rings. The molecule has 0 radical (unpaired) electrons. The minimum Gasteiger partial charge on any atom is -0.481 e. The average molecular weight is 730 g/mol. The van der Waals surface area contributed by atoms with Gasteiger partial charge in [0, 0.05) is 69.9 Å². The summed E-state index contributed by atoms with van der Waals surface area (Å²) in [6.45, 7) is 7.67. The molecule has 4 aromatic rings. The molecule has 0 atom stereocenters. The van der Waals surface area contributed by atoms with Crippen molar-refractivity contribution in [1.29, 1.82) is 0 Å². The lowest BCUT2D eigenvalue weighted by molar-refractivity contribution is -0.138. The second-order valence-corrected chi connectivity index (χ2v) is 12.4. The first-order chi connectivity index (χ1) is 22.7. The Hall–Kier alpha value is -4.94. The van der Waals surface area contributed by atoms with E-state index in [0.717, 1.165) is 66.6 Å². The van der Waals surface area contributed by atoms with Crippen molar-refractivity contribution in [1.82, 2.24) is 19.9 Å². The monoisotopic (exact) mass is 728 g/mol. The van der Waals surface area contributed by atoms with E-state index in [1.165, 1.54) is 0 Å². The molecular formula is C36H42Cl2N4O8. The van der Waals surface area contributed by atoms with Crippen LogP contribution in [0.2, 0.25) is 0 Å². The Kier molecular flexibility index (Phi) is 12.8. The number of carbonyl (C=O) groups is 4. The molecule has 8 N–H and O–H groups in total. The molecule has 0 aliphatic carbocycles. The molecule has 0 spiro atoms. The van der Waals surface area contributed by atoms with E-state index < -0.39 is 23.9 Å². The van der Waals surface area contributed by atoms with Gasteiger partial charge in [0.2, 0.25) is 0 Å². The highest BCUT2D eigenvalue weighted by molar-refractivity contribution is 5.85. The maximum absolute atomic E-state index is 11.6. The highest BCUT2D eigenvalue weighted by atomic mass is 35.5. The number of hydrogen-bond acceptors (Lipinski definition) is 4. The van der Waals surface area contributed by atoms with Crippen molar-refractivity contribution in [3.63, 3.8) is 0 Å². The SMILES string of the molecule is Cc1c2[nH]c(c1CCC(=O)O)C=c1[nH]c(c(CCC(=O)O)c1C)=Cc1[nH]c(c(CCC(=O)O)c1C)C=c1[nH]c(c(CCC(=O)O)c1C)=C2.Cl.Cl. The molecule has 8 bridgehead atoms. The lowest BCUT2D eigenvalue weighted by Crippen LogP contribution is -2.14. The van der Waals surface area contributed by atoms with E-state index in [1.54, 1.807) is 0 Å². The maximum Gasteiger partial charge on any atom is 0.303 e. The molecule has 0 unspecified atom stereocenters. The van der Waals surface area contributed by atoms with E-state index in [1.807, 2.05) is 52.0 Å². The van der Waals surface area contributed by atoms with Gasteiger partial charge >= 0.3 is 23.9 Å². The molecule has 14 heteroatoms. The zero-order valence-electron chi connectivity index (χ0n) is 28.2. The van der Waals surface area contributed by atoms with E-state index in [9.17, 15) is 39.6 Å². The van der Waals surface area contributed by atoms with Gasteiger partial charge in [-0.15, -0.1) is 24.8 Å². The standard InChI is InChI=1S/C36H40N4O8.2ClH/c1-17-21(5-9-33(41)42)29-14-26-19(3)23(7-11-35(45)46)31(39-26)16-28-20(4)24(8-12-36(47)48)32(40-28)15-27-18(2)22(6-10-34(43)44)30(38-27)13-25(17)37-29;;/h13-16,37-40H,5-12H2,1-4H3,(H,41,42)(H,43,44)(H,45,46)(H,47,48);2*1H. The number of H-pyrrole nitrogens is 4. The second kappa shape index (κ2) is 16.2. The Morgan fingerprint density at radius 3 is 1.00 bits per heavy atom. The van der Waals surface area contributed by atoms with Gasteiger partial charge in [0.25, 0.3) is 0 Å². The van der Waals surface area contributed by atoms with Gasteiger partial charge in [0.1, 0.15) is 0 Å². The number of hydrogen-bond donors (Lipinski definition) is 8. The zero-order valence-corrected chi connectivity index (χ0v) is 29.8. The summed E-state index contributed by atoms with van der Waals surface area (Å²) in [4.78, 5) is 60.3. The zero-order chi connectivity index (χ0) is 34.9. The minimum absolute atomic E-state index is 0. The number of carboxylic acids is 4. The van der Waals surface area contributed by atoms with Gasteiger partial charge in [-0.3, -0.25) is 19.2 Å². The fraction of sp³-hybridized carbons (Fsp3) is 0.333. The first kappa shape index (κ1) is 39.5. The Labute approximate surface area is 299 Å². The number of halogens is 2. The summed E-state index contributed by atoms with van der Waals surface area (Å²) in [5, 5.41) is 40.9. The highest BCUT2D eigenvalue weighted by Crippen LogP contribution is 2.24. The molecule has 268 valence electrons. The number of aromatic amines is 4. The minimum atomic E-state index is -0.922. The van der Waals surface area contributed by atoms with Crippen molar-refractivity contribution in [2.24, 2.45) is 0 Å². The highest BCUT2D eigenvalue weighted by Gasteiger charge is 2.19. The van der Waals surface area contributed by atoms with Gasteiger partial charge in [-0.1, -0.05) is 0 Å². The Bertz CT molecular complexity index is 2060. The van der Waals surface area contributed by atoms with Gasteiger partial charge in [-0.25, -0.2) is 0 Å². The summed E-state index contributed by atoms with van der Waals surface area (Å²) in [5.74, 6) is -3.69. The van der Waals surface area contributed by atoms with Crippen LogP contribution in [0, 0.1) is 27.7 Å². The van der Waals surface area contributed by atoms with Crippen LogP contribution in [0.3, 0.4) is 0 Å². The third-order valence-electron chi connectivity index (χ3n) is 9.31. The van der Waals surface area contributed by atoms with E-state index in [-0.39, 0.29) is 76.2 Å². The number of carboxylic acid groups (broad SMARTS) is 4. The largest absolute Gasteiger partial charge is 0.481 e. The molecule has 50 heavy (non-hydrogen) atoms. The van der Waals surface area contributed by atoms with Crippen LogP contribution in [0.1, 0.15) is 93.0 Å². The third kappa shape index (κ3) is 8.43. The van der Waals surface area contributed by atoms with Gasteiger partial charge in [-0.2, -0.15) is 0 Å². The summed E-state index contributed by atoms with van der Waals surface area (Å²) < 4.78 is 0. The molecule has 5 heterocycles. The van der Waals surface area contributed by atoms with Crippen molar-refractivity contribution >= 4 is 73.0 Å². The molecule has 5 rings (SSSR count). The summed E-state index contributed by atoms with van der Waals surface area (Å²) in [6.07, 6.45) is 8.48. The molecular weight excluding hydrogens is 687 g/mol. The molecule has 12 nitrogen and oxygen atoms in total. The van der Waals surface area contributed by atoms with E-state index in [0.29, 0.717) is 22.1 Å². The first-order valence-corrected chi connectivity index (χ1v) is 15.8. The molecule has 0 saturated carbocycles. The quantitative estimate of drug-likeness (QED) is 0.0955. The van der Waals surface area contributed by atoms with E-state index in [2.05, 4.69) is 19.9 Å². The third-order valence-corrected chi connectivity index (χ3v) is 9.31. The molecule has 1 aliphatic rings. The predicted octanol–water partition coefficient (Wildman–Crippen LogP) is 2.77. The van der Waals surface area contributed by atoms with Crippen molar-refractivity contribution in [2.75, 3.05) is 0 Å². The van der Waals surface area contributed by atoms with Gasteiger partial charge < -0.3 is 40.4 Å². The average Bonchev–Trinajstić information content (AvgIpc) is 3.66. The van der Waals surface area contributed by atoms with Crippen molar-refractivity contribution in [3.8, 4) is 0 Å². The molecule has 0 amide bonds. The van der Waals surface area contributed by atoms with Crippen LogP contribution >= 0.6 is 24.8 Å². The summed E-state index contributed by atoms with van der Waals surface area (Å²) >= 11 is 0. The fourth-order valence-corrected chi connectivity index (χ4v) is 6.58.